The Morgan fingerprint density at radius 1 is 1.48 bits per heavy atom. The summed E-state index contributed by atoms with van der Waals surface area (Å²) in [6.07, 6.45) is 3.94. The van der Waals surface area contributed by atoms with Gasteiger partial charge in [-0.1, -0.05) is 12.1 Å². The van der Waals surface area contributed by atoms with Gasteiger partial charge in [-0.25, -0.2) is 4.98 Å². The molecule has 0 amide bonds. The second-order valence-electron chi connectivity index (χ2n) is 6.22. The van der Waals surface area contributed by atoms with Gasteiger partial charge in [0.25, 0.3) is 0 Å². The smallest absolute Gasteiger partial charge is 0.323 e. The number of nitrogens with one attached hydrogen (secondary N) is 1. The molecule has 1 aliphatic rings. The highest BCUT2D eigenvalue weighted by Crippen LogP contribution is 2.39. The summed E-state index contributed by atoms with van der Waals surface area (Å²) in [6, 6.07) is 8.32. The highest BCUT2D eigenvalue weighted by atomic mass is 16.4. The molecule has 1 saturated carbocycles. The lowest BCUT2D eigenvalue weighted by Gasteiger charge is -2.28. The molecular formula is C16H21N3O2. The number of nitrogens with zero attached hydrogens (tertiary/aromatic N) is 2. The van der Waals surface area contributed by atoms with Gasteiger partial charge in [0, 0.05) is 12.1 Å². The van der Waals surface area contributed by atoms with E-state index in [9.17, 15) is 9.90 Å². The maximum Gasteiger partial charge on any atom is 0.323 e. The van der Waals surface area contributed by atoms with E-state index in [-0.39, 0.29) is 12.1 Å². The monoisotopic (exact) mass is 287 g/mol. The van der Waals surface area contributed by atoms with Gasteiger partial charge in [0.2, 0.25) is 0 Å². The Morgan fingerprint density at radius 3 is 2.95 bits per heavy atom. The number of aromatic nitrogens is 2. The molecule has 21 heavy (non-hydrogen) atoms. The van der Waals surface area contributed by atoms with Gasteiger partial charge < -0.3 is 9.67 Å². The topological polar surface area (TPSA) is 67.2 Å². The molecule has 1 heterocycles. The second kappa shape index (κ2) is 5.15. The number of para-hydroxylation sites is 2. The van der Waals surface area contributed by atoms with Gasteiger partial charge in [-0.15, -0.1) is 0 Å². The average Bonchev–Trinajstić information content (AvgIpc) is 3.02. The van der Waals surface area contributed by atoms with Crippen LogP contribution in [-0.2, 0) is 4.79 Å². The van der Waals surface area contributed by atoms with Crippen LogP contribution in [0, 0.1) is 0 Å². The molecule has 1 fully saturated rings. The molecule has 0 bridgehead atoms. The summed E-state index contributed by atoms with van der Waals surface area (Å²) < 4.78 is 2.13. The lowest BCUT2D eigenvalue weighted by atomic mass is 9.96. The minimum absolute atomic E-state index is 0.152. The van der Waals surface area contributed by atoms with Crippen LogP contribution in [0.3, 0.4) is 0 Å². The number of hydrogen-bond acceptors (Lipinski definition) is 3. The van der Waals surface area contributed by atoms with Crippen LogP contribution in [0.25, 0.3) is 11.0 Å². The Labute approximate surface area is 124 Å². The molecule has 2 atom stereocenters. The van der Waals surface area contributed by atoms with Crippen LogP contribution in [0.4, 0.5) is 0 Å². The van der Waals surface area contributed by atoms with E-state index in [1.54, 1.807) is 0 Å². The van der Waals surface area contributed by atoms with E-state index >= 15 is 0 Å². The zero-order chi connectivity index (χ0) is 15.0. The van der Waals surface area contributed by atoms with Crippen molar-refractivity contribution < 1.29 is 9.90 Å². The third-order valence-corrected chi connectivity index (χ3v) is 4.34. The number of imidazole rings is 1. The average molecular weight is 287 g/mol. The highest BCUT2D eigenvalue weighted by Gasteiger charge is 2.46. The molecule has 5 heteroatoms. The molecule has 3 rings (SSSR count). The molecule has 0 saturated heterocycles. The normalized spacial score (nSPS) is 25.8. The first-order valence-corrected chi connectivity index (χ1v) is 7.44. The van der Waals surface area contributed by atoms with Crippen molar-refractivity contribution in [3.05, 3.63) is 30.6 Å². The van der Waals surface area contributed by atoms with Crippen LogP contribution in [0.5, 0.6) is 0 Å². The first-order valence-electron chi connectivity index (χ1n) is 7.44. The number of carboxylic acid groups (broad SMARTS) is 1. The summed E-state index contributed by atoms with van der Waals surface area (Å²) in [6.45, 7) is 3.98. The molecule has 2 unspecified atom stereocenters. The number of fused-ring (bicyclic) bond motifs is 1. The first kappa shape index (κ1) is 14.1. The van der Waals surface area contributed by atoms with E-state index in [2.05, 4.69) is 14.9 Å². The Kier molecular flexibility index (Phi) is 3.45. The lowest BCUT2D eigenvalue weighted by Crippen LogP contribution is -2.53. The van der Waals surface area contributed by atoms with Crippen LogP contribution in [0.15, 0.2) is 30.6 Å². The Hall–Kier alpha value is -1.88. The summed E-state index contributed by atoms with van der Waals surface area (Å²) in [4.78, 5) is 16.2. The predicted octanol–water partition coefficient (Wildman–Crippen LogP) is 2.58. The van der Waals surface area contributed by atoms with Crippen LogP contribution in [-0.4, -0.2) is 32.2 Å². The van der Waals surface area contributed by atoms with Gasteiger partial charge in [-0.3, -0.25) is 10.1 Å². The number of carboxylic acids is 1. The maximum atomic E-state index is 11.8. The molecule has 1 aliphatic carbocycles. The summed E-state index contributed by atoms with van der Waals surface area (Å²) in [7, 11) is 0. The SMILES string of the molecule is CC(C)NC1(C(=O)O)CCC(n2cnc3ccccc32)C1. The maximum absolute atomic E-state index is 11.8. The summed E-state index contributed by atoms with van der Waals surface area (Å²) >= 11 is 0. The molecule has 5 nitrogen and oxygen atoms in total. The minimum Gasteiger partial charge on any atom is -0.480 e. The van der Waals surface area contributed by atoms with E-state index in [1.807, 2.05) is 44.4 Å². The molecule has 1 aromatic carbocycles. The molecule has 112 valence electrons. The fraction of sp³-hybridized carbons (Fsp3) is 0.500. The van der Waals surface area contributed by atoms with Crippen LogP contribution in [0.2, 0.25) is 0 Å². The largest absolute Gasteiger partial charge is 0.480 e. The first-order chi connectivity index (χ1) is 10.0. The van der Waals surface area contributed by atoms with Crippen LogP contribution in [0.1, 0.15) is 39.2 Å². The molecule has 2 N–H and O–H groups in total. The Bertz CT molecular complexity index is 664. The van der Waals surface area contributed by atoms with Crippen molar-refractivity contribution in [2.24, 2.45) is 0 Å². The third-order valence-electron chi connectivity index (χ3n) is 4.34. The van der Waals surface area contributed by atoms with Crippen molar-refractivity contribution in [3.63, 3.8) is 0 Å². The Balaban J connectivity index is 1.90. The summed E-state index contributed by atoms with van der Waals surface area (Å²) in [5, 5.41) is 12.9. The number of hydrogen-bond donors (Lipinski definition) is 2. The fourth-order valence-corrected chi connectivity index (χ4v) is 3.47. The van der Waals surface area contributed by atoms with Gasteiger partial charge in [0.1, 0.15) is 5.54 Å². The molecule has 0 spiro atoms. The van der Waals surface area contributed by atoms with Crippen molar-refractivity contribution in [1.82, 2.24) is 14.9 Å². The van der Waals surface area contributed by atoms with Gasteiger partial charge >= 0.3 is 5.97 Å². The molecule has 0 radical (unpaired) electrons. The predicted molar refractivity (Wildman–Crippen MR) is 81.3 cm³/mol. The molecular weight excluding hydrogens is 266 g/mol. The van der Waals surface area contributed by atoms with Gasteiger partial charge in [-0.05, 0) is 45.2 Å². The number of carbonyl (C=O) groups is 1. The van der Waals surface area contributed by atoms with Crippen molar-refractivity contribution in [1.29, 1.82) is 0 Å². The van der Waals surface area contributed by atoms with E-state index in [0.29, 0.717) is 12.8 Å². The fourth-order valence-electron chi connectivity index (χ4n) is 3.47. The zero-order valence-electron chi connectivity index (χ0n) is 12.4. The van der Waals surface area contributed by atoms with Crippen LogP contribution < -0.4 is 5.32 Å². The molecule has 0 aliphatic heterocycles. The highest BCUT2D eigenvalue weighted by molar-refractivity contribution is 5.80. The van der Waals surface area contributed by atoms with Crippen molar-refractivity contribution >= 4 is 17.0 Å². The van der Waals surface area contributed by atoms with Crippen molar-refractivity contribution in [2.75, 3.05) is 0 Å². The number of benzene rings is 1. The van der Waals surface area contributed by atoms with Gasteiger partial charge in [0.15, 0.2) is 0 Å². The summed E-state index contributed by atoms with van der Waals surface area (Å²) in [5.74, 6) is -0.747. The lowest BCUT2D eigenvalue weighted by molar-refractivity contribution is -0.145. The molecule has 2 aromatic rings. The Morgan fingerprint density at radius 2 is 2.24 bits per heavy atom. The van der Waals surface area contributed by atoms with Crippen LogP contribution >= 0.6 is 0 Å². The van der Waals surface area contributed by atoms with E-state index in [1.165, 1.54) is 0 Å². The number of aliphatic carboxylic acids is 1. The third kappa shape index (κ3) is 2.42. The quantitative estimate of drug-likeness (QED) is 0.907. The van der Waals surface area contributed by atoms with Gasteiger partial charge in [-0.2, -0.15) is 0 Å². The second-order valence-corrected chi connectivity index (χ2v) is 6.22. The zero-order valence-corrected chi connectivity index (χ0v) is 12.4. The van der Waals surface area contributed by atoms with Crippen molar-refractivity contribution in [3.8, 4) is 0 Å². The van der Waals surface area contributed by atoms with E-state index < -0.39 is 11.5 Å². The summed E-state index contributed by atoms with van der Waals surface area (Å²) in [5.41, 5.74) is 1.22. The van der Waals surface area contributed by atoms with Crippen molar-refractivity contribution in [2.45, 2.75) is 50.7 Å². The van der Waals surface area contributed by atoms with E-state index in [0.717, 1.165) is 17.5 Å². The number of rotatable bonds is 4. The minimum atomic E-state index is -0.815. The van der Waals surface area contributed by atoms with E-state index in [4.69, 9.17) is 0 Å². The molecule has 1 aromatic heterocycles. The van der Waals surface area contributed by atoms with Gasteiger partial charge in [0.05, 0.1) is 17.4 Å². The standard InChI is InChI=1S/C16H21N3O2/c1-11(2)18-16(15(20)21)8-7-12(9-16)19-10-17-13-5-3-4-6-14(13)19/h3-6,10-12,18H,7-9H2,1-2H3,(H,20,21).